The molecular formula is C18H18N4O2. The van der Waals surface area contributed by atoms with Gasteiger partial charge in [-0.05, 0) is 35.7 Å². The summed E-state index contributed by atoms with van der Waals surface area (Å²) >= 11 is 0. The van der Waals surface area contributed by atoms with Gasteiger partial charge in [0, 0.05) is 19.2 Å². The molecule has 1 amide bonds. The van der Waals surface area contributed by atoms with Gasteiger partial charge in [-0.3, -0.25) is 4.79 Å². The van der Waals surface area contributed by atoms with E-state index < -0.39 is 0 Å². The quantitative estimate of drug-likeness (QED) is 0.779. The third kappa shape index (κ3) is 2.27. The predicted octanol–water partition coefficient (Wildman–Crippen LogP) is 1.70. The van der Waals surface area contributed by atoms with Crippen molar-refractivity contribution in [2.75, 3.05) is 13.2 Å². The van der Waals surface area contributed by atoms with Gasteiger partial charge in [-0.1, -0.05) is 29.5 Å². The number of amides is 1. The average Bonchev–Trinajstić information content (AvgIpc) is 3.00. The zero-order chi connectivity index (χ0) is 16.7. The van der Waals surface area contributed by atoms with Crippen LogP contribution in [0.15, 0.2) is 42.5 Å². The molecule has 1 aromatic heterocycles. The summed E-state index contributed by atoms with van der Waals surface area (Å²) in [6.07, 6.45) is 0.800. The van der Waals surface area contributed by atoms with E-state index in [9.17, 15) is 9.90 Å². The number of aromatic nitrogens is 3. The number of fused-ring (bicyclic) bond motifs is 2. The van der Waals surface area contributed by atoms with Crippen molar-refractivity contribution >= 4 is 16.9 Å². The lowest BCUT2D eigenvalue weighted by atomic mass is 9.92. The van der Waals surface area contributed by atoms with E-state index in [1.54, 1.807) is 28.8 Å². The molecule has 0 aliphatic carbocycles. The molecule has 0 saturated carbocycles. The van der Waals surface area contributed by atoms with E-state index in [-0.39, 0.29) is 18.6 Å². The van der Waals surface area contributed by atoms with Crippen LogP contribution >= 0.6 is 0 Å². The van der Waals surface area contributed by atoms with Crippen LogP contribution in [0, 0.1) is 0 Å². The van der Waals surface area contributed by atoms with E-state index in [2.05, 4.69) is 16.4 Å². The van der Waals surface area contributed by atoms with E-state index in [1.165, 1.54) is 5.56 Å². The SMILES string of the molecule is Cn1nnc2ccc(C(=O)N3CCc4ccccc4[C@H]3CO)cc21. The van der Waals surface area contributed by atoms with Gasteiger partial charge in [0.05, 0.1) is 18.2 Å². The summed E-state index contributed by atoms with van der Waals surface area (Å²) in [7, 11) is 1.80. The highest BCUT2D eigenvalue weighted by Crippen LogP contribution is 2.30. The summed E-state index contributed by atoms with van der Waals surface area (Å²) in [5, 5.41) is 17.9. The maximum absolute atomic E-state index is 13.0. The van der Waals surface area contributed by atoms with Crippen LogP contribution in [-0.4, -0.2) is 44.1 Å². The third-order valence-corrected chi connectivity index (χ3v) is 4.70. The Hall–Kier alpha value is -2.73. The fraction of sp³-hybridized carbons (Fsp3) is 0.278. The Morgan fingerprint density at radius 3 is 2.96 bits per heavy atom. The number of hydrogen-bond donors (Lipinski definition) is 1. The number of aliphatic hydroxyl groups excluding tert-OH is 1. The largest absolute Gasteiger partial charge is 0.394 e. The molecule has 0 radical (unpaired) electrons. The zero-order valence-electron chi connectivity index (χ0n) is 13.4. The number of rotatable bonds is 2. The highest BCUT2D eigenvalue weighted by molar-refractivity contribution is 5.97. The van der Waals surface area contributed by atoms with Crippen molar-refractivity contribution in [3.63, 3.8) is 0 Å². The number of hydrogen-bond acceptors (Lipinski definition) is 4. The first kappa shape index (κ1) is 14.8. The van der Waals surface area contributed by atoms with Gasteiger partial charge in [-0.25, -0.2) is 4.68 Å². The minimum atomic E-state index is -0.303. The highest BCUT2D eigenvalue weighted by atomic mass is 16.3. The number of nitrogens with zero attached hydrogens (tertiary/aromatic N) is 4. The third-order valence-electron chi connectivity index (χ3n) is 4.70. The molecule has 0 spiro atoms. The number of aliphatic hydroxyl groups is 1. The fourth-order valence-corrected chi connectivity index (χ4v) is 3.42. The van der Waals surface area contributed by atoms with Crippen molar-refractivity contribution in [2.24, 2.45) is 7.05 Å². The molecule has 24 heavy (non-hydrogen) atoms. The van der Waals surface area contributed by atoms with Crippen molar-refractivity contribution in [2.45, 2.75) is 12.5 Å². The Bertz CT molecular complexity index is 918. The smallest absolute Gasteiger partial charge is 0.254 e. The molecule has 1 N–H and O–H groups in total. The maximum atomic E-state index is 13.0. The minimum Gasteiger partial charge on any atom is -0.394 e. The summed E-state index contributed by atoms with van der Waals surface area (Å²) in [4.78, 5) is 14.8. The van der Waals surface area contributed by atoms with Crippen LogP contribution in [0.1, 0.15) is 27.5 Å². The van der Waals surface area contributed by atoms with Crippen molar-refractivity contribution in [3.05, 3.63) is 59.2 Å². The molecule has 1 aliphatic rings. The first-order valence-corrected chi connectivity index (χ1v) is 7.98. The van der Waals surface area contributed by atoms with E-state index >= 15 is 0 Å². The van der Waals surface area contributed by atoms with Crippen LogP contribution in [-0.2, 0) is 13.5 Å². The standard InChI is InChI=1S/C18H18N4O2/c1-21-16-10-13(6-7-15(16)19-20-21)18(24)22-9-8-12-4-2-3-5-14(12)17(22)11-23/h2-7,10,17,23H,8-9,11H2,1H3/t17-/m1/s1. The lowest BCUT2D eigenvalue weighted by Gasteiger charge is -2.36. The van der Waals surface area contributed by atoms with Crippen LogP contribution in [0.2, 0.25) is 0 Å². The van der Waals surface area contributed by atoms with Crippen molar-refractivity contribution in [3.8, 4) is 0 Å². The number of benzene rings is 2. The van der Waals surface area contributed by atoms with Crippen LogP contribution < -0.4 is 0 Å². The first-order chi connectivity index (χ1) is 11.7. The molecule has 122 valence electrons. The molecule has 0 unspecified atom stereocenters. The molecule has 6 heteroatoms. The average molecular weight is 322 g/mol. The van der Waals surface area contributed by atoms with Crippen LogP contribution in [0.3, 0.4) is 0 Å². The van der Waals surface area contributed by atoms with E-state index in [0.717, 1.165) is 23.0 Å². The highest BCUT2D eigenvalue weighted by Gasteiger charge is 2.30. The Kier molecular flexibility index (Phi) is 3.54. The second kappa shape index (κ2) is 5.72. The monoisotopic (exact) mass is 322 g/mol. The molecule has 1 aliphatic heterocycles. The summed E-state index contributed by atoms with van der Waals surface area (Å²) in [6, 6.07) is 13.1. The fourth-order valence-electron chi connectivity index (χ4n) is 3.42. The van der Waals surface area contributed by atoms with Gasteiger partial charge >= 0.3 is 0 Å². The van der Waals surface area contributed by atoms with Gasteiger partial charge in [-0.2, -0.15) is 0 Å². The lowest BCUT2D eigenvalue weighted by molar-refractivity contribution is 0.0569. The van der Waals surface area contributed by atoms with Gasteiger partial charge in [-0.15, -0.1) is 5.10 Å². The van der Waals surface area contributed by atoms with Gasteiger partial charge in [0.1, 0.15) is 5.52 Å². The summed E-state index contributed by atoms with van der Waals surface area (Å²) in [5.74, 6) is -0.0772. The Morgan fingerprint density at radius 2 is 2.12 bits per heavy atom. The van der Waals surface area contributed by atoms with Crippen molar-refractivity contribution in [1.82, 2.24) is 19.9 Å². The van der Waals surface area contributed by atoms with Gasteiger partial charge in [0.25, 0.3) is 5.91 Å². The summed E-state index contributed by atoms with van der Waals surface area (Å²) < 4.78 is 1.65. The second-order valence-electron chi connectivity index (χ2n) is 6.06. The molecule has 0 bridgehead atoms. The van der Waals surface area contributed by atoms with E-state index in [4.69, 9.17) is 0 Å². The number of aryl methyl sites for hydroxylation is 1. The van der Waals surface area contributed by atoms with Crippen molar-refractivity contribution < 1.29 is 9.90 Å². The maximum Gasteiger partial charge on any atom is 0.254 e. The molecule has 0 saturated heterocycles. The van der Waals surface area contributed by atoms with Crippen LogP contribution in [0.5, 0.6) is 0 Å². The number of carbonyl (C=O) groups is 1. The second-order valence-corrected chi connectivity index (χ2v) is 6.06. The molecule has 2 heterocycles. The summed E-state index contributed by atoms with van der Waals surface area (Å²) in [6.45, 7) is 0.515. The van der Waals surface area contributed by atoms with E-state index in [1.807, 2.05) is 24.3 Å². The van der Waals surface area contributed by atoms with Crippen molar-refractivity contribution in [1.29, 1.82) is 0 Å². The Labute approximate surface area is 139 Å². The molecular weight excluding hydrogens is 304 g/mol. The Morgan fingerprint density at radius 1 is 1.29 bits per heavy atom. The lowest BCUT2D eigenvalue weighted by Crippen LogP contribution is -2.41. The Balaban J connectivity index is 1.71. The molecule has 6 nitrogen and oxygen atoms in total. The predicted molar refractivity (Wildman–Crippen MR) is 89.5 cm³/mol. The van der Waals surface area contributed by atoms with Gasteiger partial charge in [0.15, 0.2) is 0 Å². The minimum absolute atomic E-state index is 0.0772. The molecule has 3 aromatic rings. The molecule has 1 atom stereocenters. The number of carbonyl (C=O) groups excluding carboxylic acids is 1. The van der Waals surface area contributed by atoms with Crippen LogP contribution in [0.25, 0.3) is 11.0 Å². The zero-order valence-corrected chi connectivity index (χ0v) is 13.4. The van der Waals surface area contributed by atoms with Gasteiger partial charge < -0.3 is 10.0 Å². The molecule has 4 rings (SSSR count). The topological polar surface area (TPSA) is 71.2 Å². The molecule has 2 aromatic carbocycles. The normalized spacial score (nSPS) is 17.1. The summed E-state index contributed by atoms with van der Waals surface area (Å²) in [5.41, 5.74) is 4.40. The van der Waals surface area contributed by atoms with Gasteiger partial charge in [0.2, 0.25) is 0 Å². The first-order valence-electron chi connectivity index (χ1n) is 7.98. The van der Waals surface area contributed by atoms with Crippen LogP contribution in [0.4, 0.5) is 0 Å². The molecule has 0 fully saturated rings. The van der Waals surface area contributed by atoms with E-state index in [0.29, 0.717) is 12.1 Å².